The van der Waals surface area contributed by atoms with E-state index in [9.17, 15) is 4.79 Å². The van der Waals surface area contributed by atoms with Crippen LogP contribution < -0.4 is 5.32 Å². The van der Waals surface area contributed by atoms with Gasteiger partial charge < -0.3 is 5.11 Å². The molecular formula is C14H28NO2. The van der Waals surface area contributed by atoms with Gasteiger partial charge >= 0.3 is 6.09 Å². The first-order chi connectivity index (χ1) is 8.27. The van der Waals surface area contributed by atoms with Crippen molar-refractivity contribution >= 4 is 6.09 Å². The molecule has 17 heavy (non-hydrogen) atoms. The summed E-state index contributed by atoms with van der Waals surface area (Å²) in [6.07, 6.45) is 13.1. The van der Waals surface area contributed by atoms with E-state index in [1.165, 1.54) is 57.8 Å². The van der Waals surface area contributed by atoms with Crippen molar-refractivity contribution in [2.24, 2.45) is 0 Å². The Morgan fingerprint density at radius 3 is 1.65 bits per heavy atom. The van der Waals surface area contributed by atoms with Crippen LogP contribution in [0.4, 0.5) is 4.79 Å². The number of unbranched alkanes of at least 4 members (excludes halogenated alkanes) is 10. The lowest BCUT2D eigenvalue weighted by Gasteiger charge is -2.02. The molecule has 0 aliphatic heterocycles. The molecule has 101 valence electrons. The highest BCUT2D eigenvalue weighted by molar-refractivity contribution is 5.63. The van der Waals surface area contributed by atoms with Gasteiger partial charge in [-0.1, -0.05) is 71.1 Å². The summed E-state index contributed by atoms with van der Waals surface area (Å²) in [5.74, 6) is 0. The van der Waals surface area contributed by atoms with Crippen LogP contribution >= 0.6 is 0 Å². The Hall–Kier alpha value is -0.730. The third-order valence-corrected chi connectivity index (χ3v) is 3.01. The molecule has 0 spiro atoms. The SMILES string of the molecule is CCCCCCCCCCCCC[N]C(=O)O. The second-order valence-electron chi connectivity index (χ2n) is 4.70. The zero-order valence-corrected chi connectivity index (χ0v) is 11.3. The average molecular weight is 242 g/mol. The number of carboxylic acid groups (broad SMARTS) is 1. The maximum atomic E-state index is 10.1. The average Bonchev–Trinajstić information content (AvgIpc) is 2.30. The summed E-state index contributed by atoms with van der Waals surface area (Å²) in [6, 6.07) is 0. The normalized spacial score (nSPS) is 10.4. The van der Waals surface area contributed by atoms with E-state index < -0.39 is 6.09 Å². The van der Waals surface area contributed by atoms with Gasteiger partial charge in [0.25, 0.3) is 0 Å². The molecule has 0 aliphatic rings. The molecule has 0 aromatic heterocycles. The lowest BCUT2D eigenvalue weighted by atomic mass is 10.1. The lowest BCUT2D eigenvalue weighted by molar-refractivity contribution is 0.193. The summed E-state index contributed by atoms with van der Waals surface area (Å²) in [5.41, 5.74) is 0. The largest absolute Gasteiger partial charge is 0.464 e. The molecule has 1 amide bonds. The molecule has 1 radical (unpaired) electrons. The van der Waals surface area contributed by atoms with Crippen LogP contribution in [0.15, 0.2) is 0 Å². The molecule has 0 bridgehead atoms. The zero-order valence-electron chi connectivity index (χ0n) is 11.3. The molecular weight excluding hydrogens is 214 g/mol. The summed E-state index contributed by atoms with van der Waals surface area (Å²) < 4.78 is 0. The van der Waals surface area contributed by atoms with Crippen LogP contribution in [-0.2, 0) is 0 Å². The van der Waals surface area contributed by atoms with E-state index >= 15 is 0 Å². The molecule has 0 aromatic rings. The summed E-state index contributed by atoms with van der Waals surface area (Å²) >= 11 is 0. The third-order valence-electron chi connectivity index (χ3n) is 3.01. The molecule has 0 aliphatic carbocycles. The minimum atomic E-state index is -1.03. The van der Waals surface area contributed by atoms with Crippen molar-refractivity contribution in [2.45, 2.75) is 77.6 Å². The van der Waals surface area contributed by atoms with Gasteiger partial charge in [-0.25, -0.2) is 10.1 Å². The third kappa shape index (κ3) is 15.3. The van der Waals surface area contributed by atoms with E-state index in [-0.39, 0.29) is 0 Å². The molecule has 0 atom stereocenters. The van der Waals surface area contributed by atoms with E-state index in [2.05, 4.69) is 12.2 Å². The van der Waals surface area contributed by atoms with Gasteiger partial charge in [-0.05, 0) is 6.42 Å². The van der Waals surface area contributed by atoms with E-state index in [0.717, 1.165) is 12.8 Å². The standard InChI is InChI=1S/C14H28NO2/c1-2-3-4-5-6-7-8-9-10-11-12-13-15-14(16)17/h2-13H2,1H3,(H,16,17). The Morgan fingerprint density at radius 1 is 0.824 bits per heavy atom. The summed E-state index contributed by atoms with van der Waals surface area (Å²) in [7, 11) is 0. The fraction of sp³-hybridized carbons (Fsp3) is 0.929. The number of hydrogen-bond acceptors (Lipinski definition) is 1. The monoisotopic (exact) mass is 242 g/mol. The molecule has 0 unspecified atom stereocenters. The van der Waals surface area contributed by atoms with Crippen LogP contribution in [0, 0.1) is 0 Å². The molecule has 3 nitrogen and oxygen atoms in total. The first kappa shape index (κ1) is 16.3. The van der Waals surface area contributed by atoms with Gasteiger partial charge in [0.1, 0.15) is 0 Å². The van der Waals surface area contributed by atoms with Crippen LogP contribution in [0.1, 0.15) is 77.6 Å². The van der Waals surface area contributed by atoms with Crippen molar-refractivity contribution in [3.63, 3.8) is 0 Å². The molecule has 0 fully saturated rings. The van der Waals surface area contributed by atoms with E-state index in [1.807, 2.05) is 0 Å². The number of rotatable bonds is 12. The van der Waals surface area contributed by atoms with Crippen molar-refractivity contribution in [1.29, 1.82) is 0 Å². The Morgan fingerprint density at radius 2 is 1.24 bits per heavy atom. The highest BCUT2D eigenvalue weighted by Crippen LogP contribution is 2.10. The number of carbonyl (C=O) groups is 1. The summed E-state index contributed by atoms with van der Waals surface area (Å²) in [4.78, 5) is 10.1. The fourth-order valence-electron chi connectivity index (χ4n) is 1.95. The number of amides is 1. The van der Waals surface area contributed by atoms with Crippen LogP contribution in [0.5, 0.6) is 0 Å². The molecule has 1 N–H and O–H groups in total. The minimum absolute atomic E-state index is 0.479. The van der Waals surface area contributed by atoms with E-state index in [4.69, 9.17) is 5.11 Å². The van der Waals surface area contributed by atoms with Gasteiger partial charge in [-0.3, -0.25) is 0 Å². The van der Waals surface area contributed by atoms with Crippen LogP contribution in [0.2, 0.25) is 0 Å². The molecule has 0 saturated carbocycles. The fourth-order valence-corrected chi connectivity index (χ4v) is 1.95. The molecule has 0 aromatic carbocycles. The molecule has 0 saturated heterocycles. The Bertz CT molecular complexity index is 172. The van der Waals surface area contributed by atoms with Crippen LogP contribution in [0.25, 0.3) is 0 Å². The van der Waals surface area contributed by atoms with Gasteiger partial charge in [0.2, 0.25) is 0 Å². The van der Waals surface area contributed by atoms with Gasteiger partial charge in [-0.15, -0.1) is 0 Å². The first-order valence-corrected chi connectivity index (χ1v) is 7.17. The van der Waals surface area contributed by atoms with E-state index in [1.54, 1.807) is 0 Å². The van der Waals surface area contributed by atoms with Gasteiger partial charge in [0, 0.05) is 6.54 Å². The van der Waals surface area contributed by atoms with Crippen molar-refractivity contribution in [3.05, 3.63) is 0 Å². The Balaban J connectivity index is 2.91. The molecule has 3 heteroatoms. The predicted octanol–water partition coefficient (Wildman–Crippen LogP) is 4.58. The zero-order chi connectivity index (χ0) is 12.8. The van der Waals surface area contributed by atoms with Crippen molar-refractivity contribution in [3.8, 4) is 0 Å². The van der Waals surface area contributed by atoms with E-state index in [0.29, 0.717) is 6.54 Å². The van der Waals surface area contributed by atoms with Crippen molar-refractivity contribution in [1.82, 2.24) is 5.32 Å². The first-order valence-electron chi connectivity index (χ1n) is 7.17. The lowest BCUT2D eigenvalue weighted by Crippen LogP contribution is -2.13. The minimum Gasteiger partial charge on any atom is -0.464 e. The van der Waals surface area contributed by atoms with Crippen LogP contribution in [0.3, 0.4) is 0 Å². The van der Waals surface area contributed by atoms with Crippen molar-refractivity contribution < 1.29 is 9.90 Å². The second kappa shape index (κ2) is 13.3. The van der Waals surface area contributed by atoms with Gasteiger partial charge in [0.15, 0.2) is 0 Å². The molecule has 0 rings (SSSR count). The highest BCUT2D eigenvalue weighted by atomic mass is 16.4. The van der Waals surface area contributed by atoms with Gasteiger partial charge in [-0.2, -0.15) is 0 Å². The van der Waals surface area contributed by atoms with Gasteiger partial charge in [0.05, 0.1) is 0 Å². The summed E-state index contributed by atoms with van der Waals surface area (Å²) in [6.45, 7) is 2.73. The Labute approximate surface area is 106 Å². The second-order valence-corrected chi connectivity index (χ2v) is 4.70. The highest BCUT2D eigenvalue weighted by Gasteiger charge is 1.96. The topological polar surface area (TPSA) is 51.4 Å². The molecule has 0 heterocycles. The number of nitrogens with zero attached hydrogens (tertiary/aromatic N) is 1. The number of hydrogen-bond donors (Lipinski definition) is 1. The smallest absolute Gasteiger partial charge is 0.426 e. The summed E-state index contributed by atoms with van der Waals surface area (Å²) in [5, 5.41) is 11.7. The predicted molar refractivity (Wildman–Crippen MR) is 71.5 cm³/mol. The Kier molecular flexibility index (Phi) is 12.8. The quantitative estimate of drug-likeness (QED) is 0.509. The van der Waals surface area contributed by atoms with Crippen molar-refractivity contribution in [2.75, 3.05) is 6.54 Å². The maximum Gasteiger partial charge on any atom is 0.426 e. The van der Waals surface area contributed by atoms with Crippen LogP contribution in [-0.4, -0.2) is 17.7 Å². The maximum absolute atomic E-state index is 10.1.